The molecule has 1 rings (SSSR count). The molecule has 0 aliphatic carbocycles. The molecule has 1 aromatic rings. The fourth-order valence-electron chi connectivity index (χ4n) is 1.10. The predicted octanol–water partition coefficient (Wildman–Crippen LogP) is -0.238. The van der Waals surface area contributed by atoms with Gasteiger partial charge >= 0.3 is 4.87 Å². The van der Waals surface area contributed by atoms with Crippen molar-refractivity contribution in [3.8, 4) is 0 Å². The lowest BCUT2D eigenvalue weighted by molar-refractivity contribution is 0.199. The van der Waals surface area contributed by atoms with E-state index in [1.54, 1.807) is 7.11 Å². The minimum absolute atomic E-state index is 0.00465. The maximum Gasteiger partial charge on any atom is 0.304 e. The Kier molecular flexibility index (Phi) is 6.26. The zero-order chi connectivity index (χ0) is 10.9. The van der Waals surface area contributed by atoms with Crippen molar-refractivity contribution in [3.05, 3.63) is 20.7 Å². The number of hydrogen-bond acceptors (Lipinski definition) is 5. The minimum atomic E-state index is 0.00465. The smallest absolute Gasteiger partial charge is 0.304 e. The van der Waals surface area contributed by atoms with Gasteiger partial charge in [-0.2, -0.15) is 0 Å². The van der Waals surface area contributed by atoms with Crippen molar-refractivity contribution in [3.63, 3.8) is 0 Å². The standard InChI is InChI=1S/C9H17N3O2S/c1-14-5-4-10-2-3-11-6-8-7-15-9(13)12-8/h7,10-11H,2-6H2,1H3,(H,12,13). The highest BCUT2D eigenvalue weighted by Gasteiger charge is 1.94. The van der Waals surface area contributed by atoms with E-state index < -0.39 is 0 Å². The maximum atomic E-state index is 10.8. The lowest BCUT2D eigenvalue weighted by Crippen LogP contribution is -2.29. The van der Waals surface area contributed by atoms with Crippen LogP contribution < -0.4 is 15.5 Å². The molecule has 0 bridgehead atoms. The molecule has 0 aromatic carbocycles. The highest BCUT2D eigenvalue weighted by molar-refractivity contribution is 7.07. The number of H-pyrrole nitrogens is 1. The Bertz CT molecular complexity index is 310. The zero-order valence-electron chi connectivity index (χ0n) is 8.84. The number of nitrogens with one attached hydrogen (secondary N) is 3. The van der Waals surface area contributed by atoms with Crippen LogP contribution in [0, 0.1) is 0 Å². The van der Waals surface area contributed by atoms with Gasteiger partial charge in [0.15, 0.2) is 0 Å². The molecule has 0 spiro atoms. The highest BCUT2D eigenvalue weighted by atomic mass is 32.1. The Morgan fingerprint density at radius 1 is 1.40 bits per heavy atom. The van der Waals surface area contributed by atoms with Crippen molar-refractivity contribution < 1.29 is 4.74 Å². The molecule has 15 heavy (non-hydrogen) atoms. The van der Waals surface area contributed by atoms with Gasteiger partial charge in [-0.05, 0) is 0 Å². The summed E-state index contributed by atoms with van der Waals surface area (Å²) in [6, 6.07) is 0. The molecular weight excluding hydrogens is 214 g/mol. The molecule has 0 amide bonds. The molecule has 1 heterocycles. The summed E-state index contributed by atoms with van der Waals surface area (Å²) in [6.45, 7) is 4.09. The average molecular weight is 231 g/mol. The van der Waals surface area contributed by atoms with Crippen molar-refractivity contribution >= 4 is 11.3 Å². The van der Waals surface area contributed by atoms with E-state index in [0.29, 0.717) is 6.54 Å². The van der Waals surface area contributed by atoms with Gasteiger partial charge in [0.2, 0.25) is 0 Å². The van der Waals surface area contributed by atoms with Gasteiger partial charge in [-0.1, -0.05) is 11.3 Å². The second-order valence-corrected chi connectivity index (χ2v) is 3.94. The van der Waals surface area contributed by atoms with E-state index >= 15 is 0 Å². The Hall–Kier alpha value is -0.690. The van der Waals surface area contributed by atoms with Crippen LogP contribution in [0.25, 0.3) is 0 Å². The Balaban J connectivity index is 1.95. The van der Waals surface area contributed by atoms with Crippen LogP contribution in [0.2, 0.25) is 0 Å². The number of hydrogen-bond donors (Lipinski definition) is 3. The largest absolute Gasteiger partial charge is 0.383 e. The summed E-state index contributed by atoms with van der Waals surface area (Å²) < 4.78 is 4.90. The van der Waals surface area contributed by atoms with E-state index in [9.17, 15) is 4.79 Å². The molecule has 0 radical (unpaired) electrons. The van der Waals surface area contributed by atoms with E-state index in [2.05, 4.69) is 15.6 Å². The van der Waals surface area contributed by atoms with Crippen LogP contribution in [0.1, 0.15) is 5.69 Å². The van der Waals surface area contributed by atoms with Gasteiger partial charge in [0.1, 0.15) is 0 Å². The number of methoxy groups -OCH3 is 1. The highest BCUT2D eigenvalue weighted by Crippen LogP contribution is 1.93. The van der Waals surface area contributed by atoms with Gasteiger partial charge < -0.3 is 20.4 Å². The monoisotopic (exact) mass is 231 g/mol. The summed E-state index contributed by atoms with van der Waals surface area (Å²) in [6.07, 6.45) is 0. The third kappa shape index (κ3) is 5.68. The number of aromatic nitrogens is 1. The first kappa shape index (κ1) is 12.4. The summed E-state index contributed by atoms with van der Waals surface area (Å²) >= 11 is 1.20. The molecule has 3 N–H and O–H groups in total. The van der Waals surface area contributed by atoms with Gasteiger partial charge in [0, 0.05) is 44.4 Å². The van der Waals surface area contributed by atoms with Crippen molar-refractivity contribution in [2.75, 3.05) is 33.4 Å². The zero-order valence-corrected chi connectivity index (χ0v) is 9.65. The third-order valence-corrected chi connectivity index (χ3v) is 2.57. The van der Waals surface area contributed by atoms with E-state index in [4.69, 9.17) is 4.74 Å². The van der Waals surface area contributed by atoms with Crippen molar-refractivity contribution in [2.24, 2.45) is 0 Å². The topological polar surface area (TPSA) is 66.2 Å². The van der Waals surface area contributed by atoms with Crippen LogP contribution in [-0.4, -0.2) is 38.3 Å². The Morgan fingerprint density at radius 2 is 2.20 bits per heavy atom. The molecule has 1 aromatic heterocycles. The minimum Gasteiger partial charge on any atom is -0.383 e. The molecule has 86 valence electrons. The van der Waals surface area contributed by atoms with Gasteiger partial charge in [0.25, 0.3) is 0 Å². The molecule has 0 unspecified atom stereocenters. The fourth-order valence-corrected chi connectivity index (χ4v) is 1.68. The van der Waals surface area contributed by atoms with Gasteiger partial charge in [-0.3, -0.25) is 4.79 Å². The summed E-state index contributed by atoms with van der Waals surface area (Å²) in [7, 11) is 1.69. The molecule has 0 aliphatic rings. The number of ether oxygens (including phenoxy) is 1. The van der Waals surface area contributed by atoms with Crippen LogP contribution in [0.3, 0.4) is 0 Å². The predicted molar refractivity (Wildman–Crippen MR) is 61.4 cm³/mol. The van der Waals surface area contributed by atoms with E-state index in [1.807, 2.05) is 5.38 Å². The van der Waals surface area contributed by atoms with Crippen molar-refractivity contribution in [2.45, 2.75) is 6.54 Å². The molecule has 0 saturated carbocycles. The summed E-state index contributed by atoms with van der Waals surface area (Å²) in [5.41, 5.74) is 0.946. The summed E-state index contributed by atoms with van der Waals surface area (Å²) in [5.74, 6) is 0. The molecule has 0 fully saturated rings. The fraction of sp³-hybridized carbons (Fsp3) is 0.667. The van der Waals surface area contributed by atoms with Crippen LogP contribution >= 0.6 is 11.3 Å². The van der Waals surface area contributed by atoms with E-state index in [1.165, 1.54) is 11.3 Å². The Morgan fingerprint density at radius 3 is 2.87 bits per heavy atom. The van der Waals surface area contributed by atoms with E-state index in [0.717, 1.165) is 31.9 Å². The molecule has 0 aliphatic heterocycles. The molecule has 0 atom stereocenters. The van der Waals surface area contributed by atoms with Gasteiger partial charge in [-0.15, -0.1) is 0 Å². The average Bonchev–Trinajstić information content (AvgIpc) is 2.63. The van der Waals surface area contributed by atoms with Crippen LogP contribution in [0.4, 0.5) is 0 Å². The number of rotatable bonds is 8. The second kappa shape index (κ2) is 7.58. The number of aromatic amines is 1. The first-order chi connectivity index (χ1) is 7.33. The van der Waals surface area contributed by atoms with Crippen molar-refractivity contribution in [1.29, 1.82) is 0 Å². The first-order valence-corrected chi connectivity index (χ1v) is 5.78. The summed E-state index contributed by atoms with van der Waals surface area (Å²) in [5, 5.41) is 8.29. The van der Waals surface area contributed by atoms with E-state index in [-0.39, 0.29) is 4.87 Å². The Labute approximate surface area is 92.9 Å². The van der Waals surface area contributed by atoms with Crippen LogP contribution in [-0.2, 0) is 11.3 Å². The van der Waals surface area contributed by atoms with Gasteiger partial charge in [0.05, 0.1) is 6.61 Å². The van der Waals surface area contributed by atoms with Crippen LogP contribution in [0.15, 0.2) is 10.2 Å². The maximum absolute atomic E-state index is 10.8. The van der Waals surface area contributed by atoms with Crippen molar-refractivity contribution in [1.82, 2.24) is 15.6 Å². The quantitative estimate of drug-likeness (QED) is 0.540. The molecule has 5 nitrogen and oxygen atoms in total. The second-order valence-electron chi connectivity index (χ2n) is 3.09. The molecule has 6 heteroatoms. The number of thiazole rings is 1. The SMILES string of the molecule is COCCNCCNCc1csc(=O)[nH]1. The lowest BCUT2D eigenvalue weighted by Gasteiger charge is -2.04. The van der Waals surface area contributed by atoms with Crippen LogP contribution in [0.5, 0.6) is 0 Å². The normalized spacial score (nSPS) is 10.7. The summed E-state index contributed by atoms with van der Waals surface area (Å²) in [4.78, 5) is 13.6. The molecule has 0 saturated heterocycles. The molecular formula is C9H17N3O2S. The first-order valence-electron chi connectivity index (χ1n) is 4.90. The third-order valence-electron chi connectivity index (χ3n) is 1.85. The van der Waals surface area contributed by atoms with Gasteiger partial charge in [-0.25, -0.2) is 0 Å². The lowest BCUT2D eigenvalue weighted by atomic mass is 10.4.